The van der Waals surface area contributed by atoms with E-state index in [1.807, 2.05) is 0 Å². The van der Waals surface area contributed by atoms with E-state index in [0.717, 1.165) is 38.4 Å². The molecule has 1 rings (SSSR count). The second-order valence-electron chi connectivity index (χ2n) is 4.79. The van der Waals surface area contributed by atoms with Crippen molar-refractivity contribution in [2.45, 2.75) is 64.4 Å². The Morgan fingerprint density at radius 2 is 1.93 bits per heavy atom. The molecular weight excluding hydrogens is 188 g/mol. The molecule has 1 fully saturated rings. The fourth-order valence-electron chi connectivity index (χ4n) is 2.39. The van der Waals surface area contributed by atoms with Gasteiger partial charge in [-0.25, -0.2) is 0 Å². The molecule has 0 aromatic heterocycles. The lowest BCUT2D eigenvalue weighted by atomic mass is 9.85. The summed E-state index contributed by atoms with van der Waals surface area (Å²) in [4.78, 5) is 0. The van der Waals surface area contributed by atoms with Crippen LogP contribution in [0.4, 0.5) is 0 Å². The van der Waals surface area contributed by atoms with Crippen LogP contribution >= 0.6 is 0 Å². The largest absolute Gasteiger partial charge is 0.393 e. The fraction of sp³-hybridized carbons (Fsp3) is 1.00. The smallest absolute Gasteiger partial charge is 0.0564 e. The molecule has 1 aliphatic rings. The van der Waals surface area contributed by atoms with Crippen molar-refractivity contribution < 1.29 is 9.84 Å². The maximum absolute atomic E-state index is 9.82. The summed E-state index contributed by atoms with van der Waals surface area (Å²) in [5, 5.41) is 9.82. The van der Waals surface area contributed by atoms with Gasteiger partial charge >= 0.3 is 0 Å². The summed E-state index contributed by atoms with van der Waals surface area (Å²) in [7, 11) is 0. The Hall–Kier alpha value is -0.0800. The van der Waals surface area contributed by atoms with Crippen LogP contribution in [0.2, 0.25) is 0 Å². The lowest BCUT2D eigenvalue weighted by molar-refractivity contribution is 0.0660. The first-order chi connectivity index (χ1) is 7.33. The van der Waals surface area contributed by atoms with Crippen molar-refractivity contribution in [2.75, 3.05) is 13.2 Å². The summed E-state index contributed by atoms with van der Waals surface area (Å²) in [6.07, 6.45) is 9.52. The molecule has 1 unspecified atom stereocenters. The average Bonchev–Trinajstić information content (AvgIpc) is 2.26. The van der Waals surface area contributed by atoms with E-state index in [9.17, 15) is 5.11 Å². The van der Waals surface area contributed by atoms with E-state index in [2.05, 4.69) is 6.92 Å². The van der Waals surface area contributed by atoms with Crippen LogP contribution in [-0.4, -0.2) is 24.4 Å². The van der Waals surface area contributed by atoms with Gasteiger partial charge in [0.1, 0.15) is 0 Å². The second kappa shape index (κ2) is 8.12. The minimum atomic E-state index is -0.134. The Balaban J connectivity index is 1.98. The van der Waals surface area contributed by atoms with Gasteiger partial charge in [0.25, 0.3) is 0 Å². The number of rotatable bonds is 7. The molecule has 0 aliphatic heterocycles. The molecule has 1 aliphatic carbocycles. The van der Waals surface area contributed by atoms with Crippen LogP contribution in [0.15, 0.2) is 0 Å². The van der Waals surface area contributed by atoms with Gasteiger partial charge in [-0.15, -0.1) is 0 Å². The predicted molar refractivity (Wildman–Crippen MR) is 62.9 cm³/mol. The molecule has 0 bridgehead atoms. The number of hydrogen-bond donors (Lipinski definition) is 1. The van der Waals surface area contributed by atoms with Crippen molar-refractivity contribution in [1.82, 2.24) is 0 Å². The molecular formula is C13H26O2. The highest BCUT2D eigenvalue weighted by Crippen LogP contribution is 2.27. The molecule has 1 N–H and O–H groups in total. The highest BCUT2D eigenvalue weighted by molar-refractivity contribution is 4.69. The first-order valence-electron chi connectivity index (χ1n) is 6.58. The minimum absolute atomic E-state index is 0.134. The maximum atomic E-state index is 9.82. The van der Waals surface area contributed by atoms with Crippen molar-refractivity contribution in [2.24, 2.45) is 5.92 Å². The van der Waals surface area contributed by atoms with Crippen molar-refractivity contribution in [3.63, 3.8) is 0 Å². The summed E-state index contributed by atoms with van der Waals surface area (Å²) >= 11 is 0. The quantitative estimate of drug-likeness (QED) is 0.660. The third-order valence-corrected chi connectivity index (χ3v) is 3.27. The van der Waals surface area contributed by atoms with E-state index in [-0.39, 0.29) is 6.10 Å². The lowest BCUT2D eigenvalue weighted by Gasteiger charge is -2.23. The van der Waals surface area contributed by atoms with Crippen LogP contribution in [0.3, 0.4) is 0 Å². The van der Waals surface area contributed by atoms with Crippen LogP contribution < -0.4 is 0 Å². The third kappa shape index (κ3) is 6.16. The molecule has 2 nitrogen and oxygen atoms in total. The normalized spacial score (nSPS) is 20.4. The number of ether oxygens (including phenoxy) is 1. The van der Waals surface area contributed by atoms with Gasteiger partial charge in [0.2, 0.25) is 0 Å². The van der Waals surface area contributed by atoms with Crippen LogP contribution in [0, 0.1) is 5.92 Å². The first kappa shape index (κ1) is 13.0. The first-order valence-corrected chi connectivity index (χ1v) is 6.58. The van der Waals surface area contributed by atoms with Crippen molar-refractivity contribution >= 4 is 0 Å². The fourth-order valence-corrected chi connectivity index (χ4v) is 2.39. The Morgan fingerprint density at radius 3 is 2.60 bits per heavy atom. The topological polar surface area (TPSA) is 29.5 Å². The van der Waals surface area contributed by atoms with Crippen molar-refractivity contribution in [1.29, 1.82) is 0 Å². The number of aliphatic hydroxyl groups excluding tert-OH is 1. The summed E-state index contributed by atoms with van der Waals surface area (Å²) < 4.78 is 5.38. The zero-order valence-electron chi connectivity index (χ0n) is 10.1. The Morgan fingerprint density at radius 1 is 1.20 bits per heavy atom. The molecule has 0 spiro atoms. The van der Waals surface area contributed by atoms with Crippen LogP contribution in [0.25, 0.3) is 0 Å². The monoisotopic (exact) mass is 214 g/mol. The van der Waals surface area contributed by atoms with E-state index >= 15 is 0 Å². The summed E-state index contributed by atoms with van der Waals surface area (Å²) in [5.41, 5.74) is 0. The van der Waals surface area contributed by atoms with Gasteiger partial charge in [0, 0.05) is 13.2 Å². The van der Waals surface area contributed by atoms with Gasteiger partial charge in [-0.05, 0) is 25.2 Å². The molecule has 90 valence electrons. The highest BCUT2D eigenvalue weighted by Gasteiger charge is 2.17. The number of aliphatic hydroxyl groups is 1. The molecule has 0 radical (unpaired) electrons. The molecule has 0 heterocycles. The highest BCUT2D eigenvalue weighted by atomic mass is 16.5. The van der Waals surface area contributed by atoms with E-state index in [1.165, 1.54) is 32.1 Å². The van der Waals surface area contributed by atoms with Gasteiger partial charge in [0.15, 0.2) is 0 Å². The van der Waals surface area contributed by atoms with Gasteiger partial charge in [-0.1, -0.05) is 39.0 Å². The van der Waals surface area contributed by atoms with E-state index < -0.39 is 0 Å². The summed E-state index contributed by atoms with van der Waals surface area (Å²) in [5.74, 6) is 0.778. The Labute approximate surface area is 94.0 Å². The number of hydrogen-bond acceptors (Lipinski definition) is 2. The van der Waals surface area contributed by atoms with Crippen molar-refractivity contribution in [3.8, 4) is 0 Å². The molecule has 1 atom stereocenters. The van der Waals surface area contributed by atoms with Gasteiger partial charge in [-0.2, -0.15) is 0 Å². The molecule has 15 heavy (non-hydrogen) atoms. The molecule has 1 saturated carbocycles. The summed E-state index contributed by atoms with van der Waals surface area (Å²) in [6, 6.07) is 0. The van der Waals surface area contributed by atoms with E-state index in [1.54, 1.807) is 0 Å². The van der Waals surface area contributed by atoms with E-state index in [0.29, 0.717) is 0 Å². The van der Waals surface area contributed by atoms with Gasteiger partial charge in [0.05, 0.1) is 6.10 Å². The van der Waals surface area contributed by atoms with Crippen LogP contribution in [0.5, 0.6) is 0 Å². The predicted octanol–water partition coefficient (Wildman–Crippen LogP) is 3.13. The Bertz CT molecular complexity index is 141. The second-order valence-corrected chi connectivity index (χ2v) is 4.79. The minimum Gasteiger partial charge on any atom is -0.393 e. The van der Waals surface area contributed by atoms with Crippen LogP contribution in [0.1, 0.15) is 58.3 Å². The van der Waals surface area contributed by atoms with E-state index in [4.69, 9.17) is 4.74 Å². The molecule has 0 amide bonds. The molecule has 2 heteroatoms. The average molecular weight is 214 g/mol. The SMILES string of the molecule is CCCOCCC(O)CC1CCCCC1. The van der Waals surface area contributed by atoms with Gasteiger partial charge in [-0.3, -0.25) is 0 Å². The van der Waals surface area contributed by atoms with Crippen LogP contribution in [-0.2, 0) is 4.74 Å². The third-order valence-electron chi connectivity index (χ3n) is 3.27. The zero-order chi connectivity index (χ0) is 10.9. The lowest BCUT2D eigenvalue weighted by Crippen LogP contribution is -2.17. The molecule has 0 aromatic carbocycles. The Kier molecular flexibility index (Phi) is 7.03. The summed E-state index contributed by atoms with van der Waals surface area (Å²) in [6.45, 7) is 3.66. The molecule has 0 aromatic rings. The maximum Gasteiger partial charge on any atom is 0.0564 e. The van der Waals surface area contributed by atoms with Gasteiger partial charge < -0.3 is 9.84 Å². The standard InChI is InChI=1S/C13H26O2/c1-2-9-15-10-8-13(14)11-12-6-4-3-5-7-12/h12-14H,2-11H2,1H3. The van der Waals surface area contributed by atoms with Crippen molar-refractivity contribution in [3.05, 3.63) is 0 Å². The zero-order valence-corrected chi connectivity index (χ0v) is 10.1. The molecule has 0 saturated heterocycles.